The topological polar surface area (TPSA) is 16.4 Å². The van der Waals surface area contributed by atoms with Crippen LogP contribution in [0.2, 0.25) is 0 Å². The minimum absolute atomic E-state index is 0.495. The molecule has 12 aromatic carbocycles. The van der Waals surface area contributed by atoms with Crippen LogP contribution in [0.1, 0.15) is 22.3 Å². The van der Waals surface area contributed by atoms with Gasteiger partial charge in [0.15, 0.2) is 0 Å². The lowest BCUT2D eigenvalue weighted by atomic mass is 9.67. The number of nitrogens with zero attached hydrogens (tertiary/aromatic N) is 1. The zero-order valence-electron chi connectivity index (χ0n) is 40.0. The van der Waals surface area contributed by atoms with Gasteiger partial charge < -0.3 is 9.32 Å². The molecule has 0 unspecified atom stereocenters. The van der Waals surface area contributed by atoms with Gasteiger partial charge in [-0.2, -0.15) is 0 Å². The van der Waals surface area contributed by atoms with Gasteiger partial charge in [-0.15, -0.1) is 0 Å². The van der Waals surface area contributed by atoms with Gasteiger partial charge in [0, 0.05) is 33.1 Å². The molecule has 1 heterocycles. The summed E-state index contributed by atoms with van der Waals surface area (Å²) in [5, 5.41) is 4.61. The van der Waals surface area contributed by atoms with Crippen LogP contribution in [0.15, 0.2) is 290 Å². The molecule has 1 aliphatic carbocycles. The fourth-order valence-corrected chi connectivity index (χ4v) is 11.9. The van der Waals surface area contributed by atoms with Crippen LogP contribution in [-0.2, 0) is 5.41 Å². The first kappa shape index (κ1) is 42.4. The van der Waals surface area contributed by atoms with E-state index in [1.807, 2.05) is 6.07 Å². The Morgan fingerprint density at radius 3 is 1.58 bits per heavy atom. The molecule has 13 aromatic rings. The third-order valence-electron chi connectivity index (χ3n) is 15.2. The van der Waals surface area contributed by atoms with Gasteiger partial charge in [-0.1, -0.05) is 249 Å². The van der Waals surface area contributed by atoms with Crippen LogP contribution in [0.5, 0.6) is 0 Å². The summed E-state index contributed by atoms with van der Waals surface area (Å²) in [5.74, 6) is 0. The second-order valence-electron chi connectivity index (χ2n) is 19.1. The number of fused-ring (bicyclic) bond motifs is 7. The molecule has 0 saturated carbocycles. The molecule has 2 heteroatoms. The Kier molecular flexibility index (Phi) is 10.1. The zero-order chi connectivity index (χ0) is 48.3. The number of rotatable bonds is 9. The number of furan rings is 1. The van der Waals surface area contributed by atoms with Gasteiger partial charge in [-0.3, -0.25) is 0 Å². The van der Waals surface area contributed by atoms with Crippen molar-refractivity contribution in [3.63, 3.8) is 0 Å². The second kappa shape index (κ2) is 17.4. The normalized spacial score (nSPS) is 12.5. The molecule has 2 nitrogen and oxygen atoms in total. The molecule has 0 radical (unpaired) electrons. The van der Waals surface area contributed by atoms with E-state index in [-0.39, 0.29) is 0 Å². The predicted octanol–water partition coefficient (Wildman–Crippen LogP) is 19.2. The van der Waals surface area contributed by atoms with Gasteiger partial charge in [0.25, 0.3) is 0 Å². The Morgan fingerprint density at radius 1 is 0.288 bits per heavy atom. The number of hydrogen-bond acceptors (Lipinski definition) is 2. The summed E-state index contributed by atoms with van der Waals surface area (Å²) in [4.78, 5) is 2.44. The first-order chi connectivity index (χ1) is 36.2. The summed E-state index contributed by atoms with van der Waals surface area (Å²) in [6.45, 7) is 0. The van der Waals surface area contributed by atoms with E-state index in [4.69, 9.17) is 4.42 Å². The lowest BCUT2D eigenvalue weighted by Crippen LogP contribution is -2.28. The van der Waals surface area contributed by atoms with Crippen LogP contribution < -0.4 is 4.90 Å². The van der Waals surface area contributed by atoms with E-state index in [2.05, 4.69) is 284 Å². The molecule has 0 amide bonds. The van der Waals surface area contributed by atoms with Gasteiger partial charge in [0.05, 0.1) is 11.1 Å². The SMILES string of the molecule is c1ccc(-c2ccc(-c3ccc(N(c4ccc(-c5cccc6c5oc5ccccc56)cc4)c4cccc(-c5cccc6c5-c5ccccc5C6(c5ccccc5)c5ccccc5)c4)c4ccccc34)cc2)cc1. The molecule has 14 rings (SSSR count). The summed E-state index contributed by atoms with van der Waals surface area (Å²) in [7, 11) is 0. The van der Waals surface area contributed by atoms with Crippen LogP contribution in [0.4, 0.5) is 17.1 Å². The molecule has 0 atom stereocenters. The van der Waals surface area contributed by atoms with Crippen molar-refractivity contribution in [2.24, 2.45) is 0 Å². The number of anilines is 3. The van der Waals surface area contributed by atoms with Crippen molar-refractivity contribution >= 4 is 49.8 Å². The molecule has 1 aliphatic rings. The smallest absolute Gasteiger partial charge is 0.143 e. The fourth-order valence-electron chi connectivity index (χ4n) is 11.9. The van der Waals surface area contributed by atoms with Gasteiger partial charge in [-0.05, 0) is 114 Å². The predicted molar refractivity (Wildman–Crippen MR) is 305 cm³/mol. The molecule has 0 spiro atoms. The molecule has 73 heavy (non-hydrogen) atoms. The maximum Gasteiger partial charge on any atom is 0.143 e. The molecule has 0 saturated heterocycles. The Bertz CT molecular complexity index is 4130. The molecule has 0 bridgehead atoms. The fraction of sp³-hybridized carbons (Fsp3) is 0.0141. The van der Waals surface area contributed by atoms with Crippen molar-refractivity contribution in [2.75, 3.05) is 4.90 Å². The average Bonchev–Trinajstić information content (AvgIpc) is 4.01. The molecule has 0 N–H and O–H groups in total. The van der Waals surface area contributed by atoms with Crippen molar-refractivity contribution in [3.05, 3.63) is 307 Å². The summed E-state index contributed by atoms with van der Waals surface area (Å²) in [5.41, 5.74) is 21.5. The first-order valence-electron chi connectivity index (χ1n) is 25.2. The van der Waals surface area contributed by atoms with Crippen molar-refractivity contribution in [3.8, 4) is 55.6 Å². The monoisotopic (exact) mass is 929 g/mol. The van der Waals surface area contributed by atoms with Gasteiger partial charge >= 0.3 is 0 Å². The molecular weight excluding hydrogens is 883 g/mol. The highest BCUT2D eigenvalue weighted by molar-refractivity contribution is 6.10. The Labute approximate surface area is 425 Å². The van der Waals surface area contributed by atoms with Crippen LogP contribution >= 0.6 is 0 Å². The molecular formula is C71H47NO. The first-order valence-corrected chi connectivity index (χ1v) is 25.2. The average molecular weight is 930 g/mol. The Hall–Kier alpha value is -9.50. The van der Waals surface area contributed by atoms with E-state index in [1.54, 1.807) is 0 Å². The van der Waals surface area contributed by atoms with Crippen LogP contribution in [-0.4, -0.2) is 0 Å². The van der Waals surface area contributed by atoms with Crippen molar-refractivity contribution in [1.82, 2.24) is 0 Å². The largest absolute Gasteiger partial charge is 0.455 e. The van der Waals surface area contributed by atoms with Gasteiger partial charge in [0.2, 0.25) is 0 Å². The molecule has 1 aromatic heterocycles. The van der Waals surface area contributed by atoms with E-state index in [0.717, 1.165) is 55.7 Å². The van der Waals surface area contributed by atoms with E-state index in [9.17, 15) is 0 Å². The molecule has 342 valence electrons. The Morgan fingerprint density at radius 2 is 0.808 bits per heavy atom. The standard InChI is InChI=1S/C71H47NO/c1-4-19-48(20-5-1)49-37-39-50(40-38-49)57-45-46-67(61-28-11-10-27-60(57)61)72(55-43-41-51(42-44-55)59-32-17-33-63-62-29-13-15-36-68(62)73-70(59)63)56-26-16-21-52(47-56)58-31-18-35-66-69(58)64-30-12-14-34-65(64)71(66,53-22-6-2-7-23-53)54-24-8-3-9-25-54/h1-47H. The summed E-state index contributed by atoms with van der Waals surface area (Å²) < 4.78 is 6.54. The summed E-state index contributed by atoms with van der Waals surface area (Å²) in [6, 6.07) is 104. The third kappa shape index (κ3) is 6.87. The van der Waals surface area contributed by atoms with Crippen LogP contribution in [0.3, 0.4) is 0 Å². The maximum absolute atomic E-state index is 6.54. The van der Waals surface area contributed by atoms with Gasteiger partial charge in [-0.25, -0.2) is 0 Å². The number of benzene rings is 12. The Balaban J connectivity index is 0.946. The zero-order valence-corrected chi connectivity index (χ0v) is 40.0. The van der Waals surface area contributed by atoms with E-state index < -0.39 is 5.41 Å². The minimum atomic E-state index is -0.495. The highest BCUT2D eigenvalue weighted by atomic mass is 16.3. The van der Waals surface area contributed by atoms with E-state index in [0.29, 0.717) is 0 Å². The van der Waals surface area contributed by atoms with Gasteiger partial charge in [0.1, 0.15) is 11.2 Å². The summed E-state index contributed by atoms with van der Waals surface area (Å²) in [6.07, 6.45) is 0. The number of para-hydroxylation sites is 2. The number of hydrogen-bond donors (Lipinski definition) is 0. The van der Waals surface area contributed by atoms with Crippen molar-refractivity contribution in [1.29, 1.82) is 0 Å². The van der Waals surface area contributed by atoms with Crippen molar-refractivity contribution in [2.45, 2.75) is 5.41 Å². The van der Waals surface area contributed by atoms with Crippen LogP contribution in [0.25, 0.3) is 88.3 Å². The maximum atomic E-state index is 6.54. The van der Waals surface area contributed by atoms with Crippen molar-refractivity contribution < 1.29 is 4.42 Å². The third-order valence-corrected chi connectivity index (χ3v) is 15.2. The van der Waals surface area contributed by atoms with E-state index in [1.165, 1.54) is 72.0 Å². The quantitative estimate of drug-likeness (QED) is 0.143. The summed E-state index contributed by atoms with van der Waals surface area (Å²) >= 11 is 0. The lowest BCUT2D eigenvalue weighted by molar-refractivity contribution is 0.670. The highest BCUT2D eigenvalue weighted by Crippen LogP contribution is 2.58. The lowest BCUT2D eigenvalue weighted by Gasteiger charge is -2.34. The minimum Gasteiger partial charge on any atom is -0.455 e. The molecule has 0 aliphatic heterocycles. The van der Waals surface area contributed by atoms with Crippen LogP contribution in [0, 0.1) is 0 Å². The van der Waals surface area contributed by atoms with E-state index >= 15 is 0 Å². The second-order valence-corrected chi connectivity index (χ2v) is 19.1. The highest BCUT2D eigenvalue weighted by Gasteiger charge is 2.46. The molecule has 0 fully saturated rings.